The minimum Gasteiger partial charge on any atom is -0.493 e. The minimum atomic E-state index is -0.692. The zero-order valence-corrected chi connectivity index (χ0v) is 19.6. The molecule has 182 valence electrons. The molecule has 0 bridgehead atoms. The molecule has 2 aliphatic rings. The highest BCUT2D eigenvalue weighted by molar-refractivity contribution is 5.98. The molecule has 2 aromatic carbocycles. The Balaban J connectivity index is 1.25. The Hall–Kier alpha value is -3.10. The van der Waals surface area contributed by atoms with Gasteiger partial charge in [0.05, 0.1) is 7.11 Å². The van der Waals surface area contributed by atoms with Gasteiger partial charge in [-0.1, -0.05) is 0 Å². The molecule has 0 spiro atoms. The van der Waals surface area contributed by atoms with E-state index in [4.69, 9.17) is 18.9 Å². The molecule has 8 nitrogen and oxygen atoms in total. The molecule has 1 atom stereocenters. The lowest BCUT2D eigenvalue weighted by molar-refractivity contribution is 0.0517. The summed E-state index contributed by atoms with van der Waals surface area (Å²) in [5, 5.41) is 10.5. The molecule has 4 rings (SSSR count). The van der Waals surface area contributed by atoms with E-state index in [9.17, 15) is 14.7 Å². The summed E-state index contributed by atoms with van der Waals surface area (Å²) in [6, 6.07) is 10.4. The van der Waals surface area contributed by atoms with Crippen molar-refractivity contribution in [2.45, 2.75) is 25.9 Å². The number of rotatable bonds is 9. The first-order chi connectivity index (χ1) is 16.4. The summed E-state index contributed by atoms with van der Waals surface area (Å²) >= 11 is 0. The molecule has 1 saturated heterocycles. The number of carbonyl (C=O) groups excluding carboxylic acids is 2. The van der Waals surface area contributed by atoms with Gasteiger partial charge in [0.1, 0.15) is 25.9 Å². The first-order valence-electron chi connectivity index (χ1n) is 11.6. The van der Waals surface area contributed by atoms with Crippen LogP contribution < -0.4 is 18.9 Å². The summed E-state index contributed by atoms with van der Waals surface area (Å²) in [5.74, 6) is 2.28. The molecule has 0 unspecified atom stereocenters. The van der Waals surface area contributed by atoms with E-state index in [1.54, 1.807) is 36.4 Å². The van der Waals surface area contributed by atoms with Crippen LogP contribution in [0.15, 0.2) is 36.4 Å². The maximum atomic E-state index is 13.0. The standard InChI is InChI=1S/C26H31NO7/c1-17(28)19-3-5-22(24(13-19)31-2)34-16-21(29)15-27-9-7-18(8-10-27)26(30)20-4-6-23-25(14-20)33-12-11-32-23/h3-6,13-14,18,21,29H,7-12,15-16H2,1-2H3/t21-/m0/s1. The van der Waals surface area contributed by atoms with E-state index < -0.39 is 6.10 Å². The number of nitrogens with zero attached hydrogens (tertiary/aromatic N) is 1. The van der Waals surface area contributed by atoms with Crippen LogP contribution in [0.5, 0.6) is 23.0 Å². The third kappa shape index (κ3) is 5.69. The number of aliphatic hydroxyl groups is 1. The van der Waals surface area contributed by atoms with Crippen molar-refractivity contribution in [1.29, 1.82) is 0 Å². The number of carbonyl (C=O) groups is 2. The van der Waals surface area contributed by atoms with Crippen LogP contribution in [-0.2, 0) is 0 Å². The molecule has 1 N–H and O–H groups in total. The number of likely N-dealkylation sites (tertiary alicyclic amines) is 1. The SMILES string of the molecule is COc1cc(C(C)=O)ccc1OC[C@@H](O)CN1CCC(C(=O)c2ccc3c(c2)OCCO3)CC1. The topological polar surface area (TPSA) is 94.5 Å². The molecule has 2 aliphatic heterocycles. The van der Waals surface area contributed by atoms with Crippen molar-refractivity contribution in [2.24, 2.45) is 5.92 Å². The van der Waals surface area contributed by atoms with Crippen molar-refractivity contribution in [3.05, 3.63) is 47.5 Å². The molecule has 2 heterocycles. The van der Waals surface area contributed by atoms with Crippen LogP contribution in [0.2, 0.25) is 0 Å². The highest BCUT2D eigenvalue weighted by atomic mass is 16.6. The van der Waals surface area contributed by atoms with Crippen molar-refractivity contribution in [3.63, 3.8) is 0 Å². The van der Waals surface area contributed by atoms with Crippen molar-refractivity contribution in [1.82, 2.24) is 4.90 Å². The largest absolute Gasteiger partial charge is 0.493 e. The molecule has 0 aliphatic carbocycles. The van der Waals surface area contributed by atoms with Crippen LogP contribution in [0.4, 0.5) is 0 Å². The molecule has 0 radical (unpaired) electrons. The maximum absolute atomic E-state index is 13.0. The number of Topliss-reactive ketones (excluding diaryl/α,β-unsaturated/α-hetero) is 2. The Bertz CT molecular complexity index is 1030. The first-order valence-corrected chi connectivity index (χ1v) is 11.6. The van der Waals surface area contributed by atoms with Gasteiger partial charge in [-0.3, -0.25) is 9.59 Å². The quantitative estimate of drug-likeness (QED) is 0.560. The van der Waals surface area contributed by atoms with Gasteiger partial charge in [-0.15, -0.1) is 0 Å². The van der Waals surface area contributed by atoms with E-state index in [1.165, 1.54) is 14.0 Å². The Kier molecular flexibility index (Phi) is 7.70. The average Bonchev–Trinajstić information content (AvgIpc) is 2.87. The Labute approximate surface area is 199 Å². The normalized spacial score (nSPS) is 17.1. The van der Waals surface area contributed by atoms with Gasteiger partial charge in [0.2, 0.25) is 0 Å². The third-order valence-electron chi connectivity index (χ3n) is 6.26. The van der Waals surface area contributed by atoms with Gasteiger partial charge in [-0.05, 0) is 69.3 Å². The average molecular weight is 470 g/mol. The number of piperidine rings is 1. The fraction of sp³-hybridized carbons (Fsp3) is 0.462. The first kappa shape index (κ1) is 24.0. The van der Waals surface area contributed by atoms with Crippen molar-refractivity contribution >= 4 is 11.6 Å². The number of aliphatic hydroxyl groups excluding tert-OH is 1. The lowest BCUT2D eigenvalue weighted by Gasteiger charge is -2.32. The molecule has 0 amide bonds. The number of fused-ring (bicyclic) bond motifs is 1. The minimum absolute atomic E-state index is 0.0451. The molecule has 0 saturated carbocycles. The lowest BCUT2D eigenvalue weighted by Crippen LogP contribution is -2.42. The zero-order chi connectivity index (χ0) is 24.1. The van der Waals surface area contributed by atoms with Gasteiger partial charge in [0, 0.05) is 23.6 Å². The number of β-amino-alcohol motifs (C(OH)–C–C–N with tert-alkyl or cyclic N) is 1. The van der Waals surface area contributed by atoms with Gasteiger partial charge < -0.3 is 29.0 Å². The summed E-state index contributed by atoms with van der Waals surface area (Å²) < 4.78 is 22.2. The molecule has 0 aromatic heterocycles. The van der Waals surface area contributed by atoms with E-state index in [1.807, 2.05) is 0 Å². The van der Waals surface area contributed by atoms with Crippen LogP contribution in [-0.4, -0.2) is 74.2 Å². The van der Waals surface area contributed by atoms with E-state index in [0.29, 0.717) is 53.9 Å². The summed E-state index contributed by atoms with van der Waals surface area (Å²) in [4.78, 5) is 26.7. The van der Waals surface area contributed by atoms with Crippen molar-refractivity contribution in [2.75, 3.05) is 46.6 Å². The van der Waals surface area contributed by atoms with E-state index in [0.717, 1.165) is 25.9 Å². The van der Waals surface area contributed by atoms with Crippen LogP contribution in [0.3, 0.4) is 0 Å². The highest BCUT2D eigenvalue weighted by Crippen LogP contribution is 2.33. The fourth-order valence-corrected chi connectivity index (χ4v) is 4.35. The molecule has 8 heteroatoms. The number of methoxy groups -OCH3 is 1. The lowest BCUT2D eigenvalue weighted by atomic mass is 9.88. The molecule has 2 aromatic rings. The van der Waals surface area contributed by atoms with Gasteiger partial charge in [-0.2, -0.15) is 0 Å². The number of ether oxygens (including phenoxy) is 4. The van der Waals surface area contributed by atoms with E-state index in [-0.39, 0.29) is 24.1 Å². The second kappa shape index (κ2) is 10.9. The van der Waals surface area contributed by atoms with Gasteiger partial charge in [-0.25, -0.2) is 0 Å². The number of hydrogen-bond donors (Lipinski definition) is 1. The Morgan fingerprint density at radius 2 is 1.74 bits per heavy atom. The maximum Gasteiger partial charge on any atom is 0.166 e. The van der Waals surface area contributed by atoms with E-state index in [2.05, 4.69) is 4.90 Å². The molecular formula is C26H31NO7. The zero-order valence-electron chi connectivity index (χ0n) is 19.6. The monoisotopic (exact) mass is 469 g/mol. The molecule has 34 heavy (non-hydrogen) atoms. The third-order valence-corrected chi connectivity index (χ3v) is 6.26. The number of ketones is 2. The summed E-state index contributed by atoms with van der Waals surface area (Å²) in [7, 11) is 1.51. The number of benzene rings is 2. The predicted octanol–water partition coefficient (Wildman–Crippen LogP) is 3.00. The Morgan fingerprint density at radius 1 is 1.03 bits per heavy atom. The molecule has 1 fully saturated rings. The fourth-order valence-electron chi connectivity index (χ4n) is 4.35. The van der Waals surface area contributed by atoms with Gasteiger partial charge >= 0.3 is 0 Å². The van der Waals surface area contributed by atoms with Crippen LogP contribution in [0.25, 0.3) is 0 Å². The highest BCUT2D eigenvalue weighted by Gasteiger charge is 2.28. The Morgan fingerprint density at radius 3 is 2.44 bits per heavy atom. The van der Waals surface area contributed by atoms with Crippen LogP contribution in [0, 0.1) is 5.92 Å². The van der Waals surface area contributed by atoms with Crippen LogP contribution in [0.1, 0.15) is 40.5 Å². The van der Waals surface area contributed by atoms with Crippen molar-refractivity contribution < 1.29 is 33.6 Å². The smallest absolute Gasteiger partial charge is 0.166 e. The second-order valence-electron chi connectivity index (χ2n) is 8.68. The van der Waals surface area contributed by atoms with Crippen molar-refractivity contribution in [3.8, 4) is 23.0 Å². The van der Waals surface area contributed by atoms with Crippen LogP contribution >= 0.6 is 0 Å². The number of hydrogen-bond acceptors (Lipinski definition) is 8. The predicted molar refractivity (Wildman–Crippen MR) is 125 cm³/mol. The summed E-state index contributed by atoms with van der Waals surface area (Å²) in [5.41, 5.74) is 1.19. The van der Waals surface area contributed by atoms with E-state index >= 15 is 0 Å². The molecular weight excluding hydrogens is 438 g/mol. The summed E-state index contributed by atoms with van der Waals surface area (Å²) in [6.07, 6.45) is 0.782. The van der Waals surface area contributed by atoms with Gasteiger partial charge in [0.15, 0.2) is 34.6 Å². The summed E-state index contributed by atoms with van der Waals surface area (Å²) in [6.45, 7) is 4.53. The van der Waals surface area contributed by atoms with Gasteiger partial charge in [0.25, 0.3) is 0 Å². The second-order valence-corrected chi connectivity index (χ2v) is 8.68.